The number of hydrogen-bond donors (Lipinski definition) is 0. The largest absolute Gasteiger partial charge is 0.335 e. The van der Waals surface area contributed by atoms with Gasteiger partial charge in [0.15, 0.2) is 6.29 Å². The first-order valence-electron chi connectivity index (χ1n) is 7.03. The van der Waals surface area contributed by atoms with E-state index in [4.69, 9.17) is 0 Å². The van der Waals surface area contributed by atoms with Crippen LogP contribution in [0.15, 0.2) is 6.33 Å². The van der Waals surface area contributed by atoms with Crippen LogP contribution >= 0.6 is 0 Å². The number of amides is 1. The van der Waals surface area contributed by atoms with Crippen molar-refractivity contribution in [3.63, 3.8) is 0 Å². The highest BCUT2D eigenvalue weighted by molar-refractivity contribution is 5.77. The maximum atomic E-state index is 12.1. The van der Waals surface area contributed by atoms with Gasteiger partial charge in [-0.15, -0.1) is 0 Å². The molecule has 5 nitrogen and oxygen atoms in total. The summed E-state index contributed by atoms with van der Waals surface area (Å²) in [5.74, 6) is 0.195. The molecule has 2 rings (SSSR count). The normalized spacial score (nSPS) is 14.3. The van der Waals surface area contributed by atoms with Crippen LogP contribution in [0.3, 0.4) is 0 Å². The molecule has 0 fully saturated rings. The predicted molar refractivity (Wildman–Crippen MR) is 71.8 cm³/mol. The zero-order chi connectivity index (χ0) is 13.7. The maximum absolute atomic E-state index is 12.1. The van der Waals surface area contributed by atoms with Gasteiger partial charge in [0, 0.05) is 19.5 Å². The van der Waals surface area contributed by atoms with E-state index in [9.17, 15) is 9.59 Å². The highest BCUT2D eigenvalue weighted by Gasteiger charge is 2.22. The van der Waals surface area contributed by atoms with Crippen LogP contribution in [0, 0.1) is 0 Å². The molecule has 104 valence electrons. The molecule has 0 radical (unpaired) electrons. The molecule has 0 bridgehead atoms. The SMILES string of the molecule is CCCCCCC(=O)N1CCn2cnc(C=O)c2C1. The van der Waals surface area contributed by atoms with Crippen LogP contribution in [-0.2, 0) is 17.9 Å². The number of aldehydes is 1. The highest BCUT2D eigenvalue weighted by atomic mass is 16.2. The quantitative estimate of drug-likeness (QED) is 0.582. The standard InChI is InChI=1S/C14H21N3O2/c1-2-3-4-5-6-14(19)16-7-8-17-11-15-12(10-18)13(17)9-16/h10-11H,2-9H2,1H3. The van der Waals surface area contributed by atoms with Crippen LogP contribution in [0.4, 0.5) is 0 Å². The minimum Gasteiger partial charge on any atom is -0.335 e. The molecule has 1 aromatic rings. The molecule has 0 N–H and O–H groups in total. The first-order valence-corrected chi connectivity index (χ1v) is 7.03. The first kappa shape index (κ1) is 13.8. The van der Waals surface area contributed by atoms with Crippen molar-refractivity contribution in [2.24, 2.45) is 0 Å². The van der Waals surface area contributed by atoms with E-state index in [1.807, 2.05) is 9.47 Å². The maximum Gasteiger partial charge on any atom is 0.222 e. The lowest BCUT2D eigenvalue weighted by Gasteiger charge is -2.28. The summed E-state index contributed by atoms with van der Waals surface area (Å²) in [5.41, 5.74) is 1.33. The Balaban J connectivity index is 1.89. The zero-order valence-electron chi connectivity index (χ0n) is 11.5. The van der Waals surface area contributed by atoms with Gasteiger partial charge in [-0.3, -0.25) is 9.59 Å². The van der Waals surface area contributed by atoms with Crippen molar-refractivity contribution in [3.8, 4) is 0 Å². The van der Waals surface area contributed by atoms with E-state index in [0.717, 1.165) is 31.4 Å². The van der Waals surface area contributed by atoms with Gasteiger partial charge in [0.05, 0.1) is 18.6 Å². The van der Waals surface area contributed by atoms with Crippen molar-refractivity contribution in [3.05, 3.63) is 17.7 Å². The molecule has 0 aromatic carbocycles. The average molecular weight is 263 g/mol. The second-order valence-electron chi connectivity index (χ2n) is 5.01. The average Bonchev–Trinajstić information content (AvgIpc) is 2.85. The van der Waals surface area contributed by atoms with E-state index in [-0.39, 0.29) is 5.91 Å². The summed E-state index contributed by atoms with van der Waals surface area (Å²) in [5, 5.41) is 0. The second-order valence-corrected chi connectivity index (χ2v) is 5.01. The second kappa shape index (κ2) is 6.50. The van der Waals surface area contributed by atoms with Crippen molar-refractivity contribution in [2.75, 3.05) is 6.54 Å². The molecule has 1 amide bonds. The summed E-state index contributed by atoms with van der Waals surface area (Å²) < 4.78 is 1.96. The lowest BCUT2D eigenvalue weighted by molar-refractivity contribution is -0.132. The molecule has 1 aromatic heterocycles. The Labute approximate surface area is 113 Å². The smallest absolute Gasteiger partial charge is 0.222 e. The number of nitrogens with zero attached hydrogens (tertiary/aromatic N) is 3. The summed E-state index contributed by atoms with van der Waals surface area (Å²) >= 11 is 0. The number of hydrogen-bond acceptors (Lipinski definition) is 3. The Bertz CT molecular complexity index is 454. The third kappa shape index (κ3) is 3.22. The first-order chi connectivity index (χ1) is 9.26. The van der Waals surface area contributed by atoms with E-state index < -0.39 is 0 Å². The summed E-state index contributed by atoms with van der Waals surface area (Å²) in [7, 11) is 0. The fraction of sp³-hybridized carbons (Fsp3) is 0.643. The lowest BCUT2D eigenvalue weighted by atomic mass is 10.1. The lowest BCUT2D eigenvalue weighted by Crippen LogP contribution is -2.38. The zero-order valence-corrected chi connectivity index (χ0v) is 11.5. The summed E-state index contributed by atoms with van der Waals surface area (Å²) in [6.07, 6.45) is 7.51. The van der Waals surface area contributed by atoms with Crippen molar-refractivity contribution in [1.29, 1.82) is 0 Å². The molecule has 19 heavy (non-hydrogen) atoms. The Hall–Kier alpha value is -1.65. The van der Waals surface area contributed by atoms with Crippen LogP contribution in [0.5, 0.6) is 0 Å². The number of carbonyl (C=O) groups is 2. The molecule has 0 saturated carbocycles. The third-order valence-electron chi connectivity index (χ3n) is 3.64. The van der Waals surface area contributed by atoms with Crippen LogP contribution in [0.2, 0.25) is 0 Å². The van der Waals surface area contributed by atoms with Crippen LogP contribution in [0.1, 0.15) is 55.2 Å². The fourth-order valence-electron chi connectivity index (χ4n) is 2.45. The molecule has 0 saturated heterocycles. The van der Waals surface area contributed by atoms with Crippen molar-refractivity contribution in [1.82, 2.24) is 14.5 Å². The molecule has 1 aliphatic heterocycles. The molecule has 0 unspecified atom stereocenters. The molecule has 1 aliphatic rings. The van der Waals surface area contributed by atoms with Gasteiger partial charge in [-0.1, -0.05) is 26.2 Å². The molecule has 0 atom stereocenters. The van der Waals surface area contributed by atoms with Crippen LogP contribution in [0.25, 0.3) is 0 Å². The number of aromatic nitrogens is 2. The summed E-state index contributed by atoms with van der Waals surface area (Å²) in [4.78, 5) is 28.9. The van der Waals surface area contributed by atoms with E-state index >= 15 is 0 Å². The van der Waals surface area contributed by atoms with E-state index in [1.54, 1.807) is 6.33 Å². The van der Waals surface area contributed by atoms with Crippen molar-refractivity contribution in [2.45, 2.75) is 52.1 Å². The monoisotopic (exact) mass is 263 g/mol. The number of unbranched alkanes of at least 4 members (excludes halogenated alkanes) is 3. The molecular weight excluding hydrogens is 242 g/mol. The topological polar surface area (TPSA) is 55.2 Å². The number of fused-ring (bicyclic) bond motifs is 1. The number of imidazole rings is 1. The van der Waals surface area contributed by atoms with Crippen LogP contribution in [-0.4, -0.2) is 33.2 Å². The minimum absolute atomic E-state index is 0.195. The molecule has 2 heterocycles. The predicted octanol–water partition coefficient (Wildman–Crippen LogP) is 2.01. The van der Waals surface area contributed by atoms with E-state index in [2.05, 4.69) is 11.9 Å². The Morgan fingerprint density at radius 3 is 2.95 bits per heavy atom. The van der Waals surface area contributed by atoms with Gasteiger partial charge in [0.1, 0.15) is 5.69 Å². The number of rotatable bonds is 6. The van der Waals surface area contributed by atoms with Gasteiger partial charge >= 0.3 is 0 Å². The minimum atomic E-state index is 0.195. The van der Waals surface area contributed by atoms with E-state index in [0.29, 0.717) is 25.2 Å². The molecule has 5 heteroatoms. The number of carbonyl (C=O) groups excluding carboxylic acids is 2. The van der Waals surface area contributed by atoms with Crippen molar-refractivity contribution >= 4 is 12.2 Å². The van der Waals surface area contributed by atoms with E-state index in [1.165, 1.54) is 12.8 Å². The Morgan fingerprint density at radius 2 is 2.21 bits per heavy atom. The van der Waals surface area contributed by atoms with Gasteiger partial charge in [-0.25, -0.2) is 4.98 Å². The van der Waals surface area contributed by atoms with Gasteiger partial charge in [-0.2, -0.15) is 0 Å². The molecule has 0 aliphatic carbocycles. The molecule has 0 spiro atoms. The highest BCUT2D eigenvalue weighted by Crippen LogP contribution is 2.16. The summed E-state index contributed by atoms with van der Waals surface area (Å²) in [6.45, 7) is 4.13. The van der Waals surface area contributed by atoms with Gasteiger partial charge in [0.25, 0.3) is 0 Å². The summed E-state index contributed by atoms with van der Waals surface area (Å²) in [6, 6.07) is 0. The fourth-order valence-corrected chi connectivity index (χ4v) is 2.45. The third-order valence-corrected chi connectivity index (χ3v) is 3.64. The van der Waals surface area contributed by atoms with Crippen molar-refractivity contribution < 1.29 is 9.59 Å². The van der Waals surface area contributed by atoms with Crippen LogP contribution < -0.4 is 0 Å². The Morgan fingerprint density at radius 1 is 1.37 bits per heavy atom. The molecular formula is C14H21N3O2. The van der Waals surface area contributed by atoms with Gasteiger partial charge in [0.2, 0.25) is 5.91 Å². The Kier molecular flexibility index (Phi) is 4.71. The van der Waals surface area contributed by atoms with Gasteiger partial charge in [-0.05, 0) is 6.42 Å². The van der Waals surface area contributed by atoms with Gasteiger partial charge < -0.3 is 9.47 Å².